The largest absolute Gasteiger partial charge is 0.481 e. The molecule has 8 unspecified atom stereocenters. The van der Waals surface area contributed by atoms with Crippen LogP contribution in [0.4, 0.5) is 0 Å². The van der Waals surface area contributed by atoms with Crippen LogP contribution in [-0.4, -0.2) is 319 Å². The summed E-state index contributed by atoms with van der Waals surface area (Å²) in [7, 11) is 0. The number of amides is 6. The minimum atomic E-state index is -1.39. The molecule has 2 heterocycles. The molecule has 89 heavy (non-hydrogen) atoms. The normalized spacial score (nSPS) is 15.9. The molecule has 0 aromatic rings. The molecule has 0 fully saturated rings. The van der Waals surface area contributed by atoms with E-state index in [4.69, 9.17) is 77.6 Å². The summed E-state index contributed by atoms with van der Waals surface area (Å²) in [4.78, 5) is 95.3. The van der Waals surface area contributed by atoms with E-state index in [-0.39, 0.29) is 114 Å². The Morgan fingerprint density at radius 1 is 0.371 bits per heavy atom. The number of ether oxygens (including phenoxy) is 11. The number of carbonyl (C=O) groups excluding carboxylic acids is 7. The first-order chi connectivity index (χ1) is 42.9. The molecule has 35 heteroatoms. The SMILES string of the molecule is O=C(CCCCCN1C(=O)C=CC1=O)NCCOC(CO)OC(CO)COC(CO)OC(CO)CO.O=C(O)CCCC(=O)OCC(COC(CO)OC(CO)COC(CO)OC(CO)CO)OC(CO)OCCNC(=O)CCCCCN1C(=O)C=CC1=O. The lowest BCUT2D eigenvalue weighted by Crippen LogP contribution is -2.40. The number of aliphatic carboxylic acids is 1. The van der Waals surface area contributed by atoms with Gasteiger partial charge in [-0.2, -0.15) is 0 Å². The maximum atomic E-state index is 12.2. The number of unbranched alkanes of at least 4 members (excludes halogenated alkanes) is 4. The van der Waals surface area contributed by atoms with Crippen LogP contribution in [0.5, 0.6) is 0 Å². The van der Waals surface area contributed by atoms with Crippen molar-refractivity contribution in [1.29, 1.82) is 0 Å². The number of aliphatic hydroxyl groups is 11. The van der Waals surface area contributed by atoms with E-state index in [1.54, 1.807) is 0 Å². The van der Waals surface area contributed by atoms with Crippen LogP contribution in [-0.2, 0) is 90.5 Å². The van der Waals surface area contributed by atoms with Gasteiger partial charge < -0.3 is 124 Å². The maximum Gasteiger partial charge on any atom is 0.305 e. The van der Waals surface area contributed by atoms with Crippen LogP contribution >= 0.6 is 0 Å². The standard InChI is InChI=1S/C32H54N2O19.C22H38N2O12/c35-13-22(14-36)51-31(17-39)49-19-23(15-37)52-32(18-40)50-21-24(20-48-29(46)7-4-6-28(44)45)53-30(16-38)47-12-10-33-25(41)5-2-1-3-11-34-26(42)8-9-27(34)43;25-10-16(11-26)35-22(14-29)34-15-17(12-27)36-21(13-28)33-9-7-23-18(30)4-2-1-3-8-24-19(31)5-6-20(24)32/h8-9,22-24,30-32,35-40H,1-7,10-21H2,(H,33,41)(H,44,45);5-6,16-17,21-22,25-29H,1-4,7-15H2,(H,23,30). The summed E-state index contributed by atoms with van der Waals surface area (Å²) in [6.45, 7) is -7.08. The van der Waals surface area contributed by atoms with Gasteiger partial charge in [-0.05, 0) is 32.1 Å². The van der Waals surface area contributed by atoms with E-state index in [2.05, 4.69) is 10.6 Å². The average molecular weight is 1290 g/mol. The molecule has 0 aromatic heterocycles. The van der Waals surface area contributed by atoms with Crippen molar-refractivity contribution < 1.29 is 152 Å². The Balaban J connectivity index is 0.000000957. The Bertz CT molecular complexity index is 2000. The van der Waals surface area contributed by atoms with Gasteiger partial charge in [0.15, 0.2) is 31.5 Å². The number of carboxylic acid groups (broad SMARTS) is 1. The number of imide groups is 2. The Morgan fingerprint density at radius 3 is 1.03 bits per heavy atom. The predicted molar refractivity (Wildman–Crippen MR) is 298 cm³/mol. The van der Waals surface area contributed by atoms with Crippen molar-refractivity contribution in [3.8, 4) is 0 Å². The average Bonchev–Trinajstić information content (AvgIpc) is 4.28. The summed E-state index contributed by atoms with van der Waals surface area (Å²) >= 11 is 0. The molecule has 0 aromatic carbocycles. The molecule has 0 radical (unpaired) electrons. The summed E-state index contributed by atoms with van der Waals surface area (Å²) in [6.07, 6.45) is -2.93. The second-order valence-corrected chi connectivity index (χ2v) is 19.3. The van der Waals surface area contributed by atoms with E-state index in [1.807, 2.05) is 0 Å². The van der Waals surface area contributed by atoms with Crippen LogP contribution in [0.1, 0.15) is 70.6 Å². The van der Waals surface area contributed by atoms with E-state index in [9.17, 15) is 74.1 Å². The van der Waals surface area contributed by atoms with Crippen LogP contribution in [0.15, 0.2) is 24.3 Å². The molecular formula is C54H92N4O31. The molecule has 14 N–H and O–H groups in total. The number of hydrogen-bond donors (Lipinski definition) is 14. The van der Waals surface area contributed by atoms with Gasteiger partial charge in [0.2, 0.25) is 11.8 Å². The van der Waals surface area contributed by atoms with Gasteiger partial charge in [0.05, 0.1) is 106 Å². The third-order valence-corrected chi connectivity index (χ3v) is 12.1. The smallest absolute Gasteiger partial charge is 0.305 e. The minimum Gasteiger partial charge on any atom is -0.481 e. The Kier molecular flexibility index (Phi) is 47.3. The highest BCUT2D eigenvalue weighted by atomic mass is 16.7. The highest BCUT2D eigenvalue weighted by molar-refractivity contribution is 6.13. The highest BCUT2D eigenvalue weighted by Gasteiger charge is 2.27. The summed E-state index contributed by atoms with van der Waals surface area (Å²) in [6, 6.07) is 0. The number of esters is 1. The summed E-state index contributed by atoms with van der Waals surface area (Å²) in [5.41, 5.74) is 0. The van der Waals surface area contributed by atoms with E-state index >= 15 is 0 Å². The molecule has 8 atom stereocenters. The first kappa shape index (κ1) is 81.8. The third-order valence-electron chi connectivity index (χ3n) is 12.1. The molecule has 0 bridgehead atoms. The van der Waals surface area contributed by atoms with Crippen molar-refractivity contribution >= 4 is 47.4 Å². The zero-order valence-electron chi connectivity index (χ0n) is 49.7. The third kappa shape index (κ3) is 38.3. The maximum absolute atomic E-state index is 12.2. The lowest BCUT2D eigenvalue weighted by molar-refractivity contribution is -0.255. The minimum absolute atomic E-state index is 0.0243. The summed E-state index contributed by atoms with van der Waals surface area (Å²) in [5, 5.41) is 117. The Labute approximate surface area is 513 Å². The number of aliphatic hydroxyl groups excluding tert-OH is 11. The van der Waals surface area contributed by atoms with Gasteiger partial charge in [-0.15, -0.1) is 0 Å². The fourth-order valence-electron chi connectivity index (χ4n) is 7.42. The molecule has 35 nitrogen and oxygen atoms in total. The van der Waals surface area contributed by atoms with Gasteiger partial charge in [0.1, 0.15) is 37.1 Å². The van der Waals surface area contributed by atoms with Gasteiger partial charge in [-0.1, -0.05) is 12.8 Å². The van der Waals surface area contributed by atoms with E-state index < -0.39 is 160 Å². The number of rotatable bonds is 56. The number of carbonyl (C=O) groups is 8. The number of nitrogens with zero attached hydrogens (tertiary/aromatic N) is 2. The van der Waals surface area contributed by atoms with Gasteiger partial charge in [-0.3, -0.25) is 48.2 Å². The van der Waals surface area contributed by atoms with E-state index in [0.29, 0.717) is 45.1 Å². The molecule has 0 saturated carbocycles. The predicted octanol–water partition coefficient (Wildman–Crippen LogP) is -6.47. The monoisotopic (exact) mass is 1290 g/mol. The number of hydrogen-bond acceptors (Lipinski definition) is 30. The molecular weight excluding hydrogens is 1200 g/mol. The fourth-order valence-corrected chi connectivity index (χ4v) is 7.42. The van der Waals surface area contributed by atoms with Crippen LogP contribution in [0, 0.1) is 0 Å². The van der Waals surface area contributed by atoms with E-state index in [1.165, 1.54) is 24.3 Å². The van der Waals surface area contributed by atoms with Crippen LogP contribution < -0.4 is 10.6 Å². The van der Waals surface area contributed by atoms with Crippen molar-refractivity contribution in [3.05, 3.63) is 24.3 Å². The zero-order valence-corrected chi connectivity index (χ0v) is 49.7. The van der Waals surface area contributed by atoms with Crippen molar-refractivity contribution in [2.24, 2.45) is 0 Å². The molecule has 514 valence electrons. The quantitative estimate of drug-likeness (QED) is 0.0117. The van der Waals surface area contributed by atoms with Gasteiger partial charge in [0, 0.05) is 76.2 Å². The Morgan fingerprint density at radius 2 is 0.697 bits per heavy atom. The fraction of sp³-hybridized carbons (Fsp3) is 0.778. The molecule has 6 amide bonds. The molecule has 0 saturated heterocycles. The van der Waals surface area contributed by atoms with E-state index in [0.717, 1.165) is 9.80 Å². The van der Waals surface area contributed by atoms with Crippen LogP contribution in [0.3, 0.4) is 0 Å². The van der Waals surface area contributed by atoms with Gasteiger partial charge >= 0.3 is 11.9 Å². The molecule has 2 aliphatic heterocycles. The lowest BCUT2D eigenvalue weighted by atomic mass is 10.2. The highest BCUT2D eigenvalue weighted by Crippen LogP contribution is 2.13. The van der Waals surface area contributed by atoms with Crippen LogP contribution in [0.25, 0.3) is 0 Å². The second-order valence-electron chi connectivity index (χ2n) is 19.3. The number of carboxylic acids is 1. The summed E-state index contributed by atoms with van der Waals surface area (Å²) < 4.78 is 59.1. The topological polar surface area (TPSA) is 511 Å². The van der Waals surface area contributed by atoms with Crippen molar-refractivity contribution in [1.82, 2.24) is 20.4 Å². The van der Waals surface area contributed by atoms with Crippen LogP contribution in [0.2, 0.25) is 0 Å². The molecule has 0 aliphatic carbocycles. The first-order valence-electron chi connectivity index (χ1n) is 28.9. The van der Waals surface area contributed by atoms with Gasteiger partial charge in [0.25, 0.3) is 23.6 Å². The van der Waals surface area contributed by atoms with Crippen molar-refractivity contribution in [3.63, 3.8) is 0 Å². The molecule has 0 spiro atoms. The first-order valence-corrected chi connectivity index (χ1v) is 28.9. The summed E-state index contributed by atoms with van der Waals surface area (Å²) in [5.74, 6) is -3.66. The zero-order chi connectivity index (χ0) is 66.2. The lowest BCUT2D eigenvalue weighted by Gasteiger charge is -2.28. The second kappa shape index (κ2) is 51.4. The molecule has 2 aliphatic rings. The number of nitrogens with one attached hydrogen (secondary N) is 2. The van der Waals surface area contributed by atoms with Crippen molar-refractivity contribution in [2.45, 2.75) is 133 Å². The van der Waals surface area contributed by atoms with Crippen molar-refractivity contribution in [2.75, 3.05) is 138 Å². The van der Waals surface area contributed by atoms with Gasteiger partial charge in [-0.25, -0.2) is 0 Å². The molecule has 2 rings (SSSR count). The Hall–Kier alpha value is -5.20.